The standard InChI is InChI=1S/C12H10N4O2/c1-15-8-6-4-3-5-7(8)13-9-10(15)14-12(18)16(2)11(9)17/h3-6H,1-2H3. The van der Waals surface area contributed by atoms with E-state index in [9.17, 15) is 9.59 Å². The van der Waals surface area contributed by atoms with Crippen LogP contribution in [0.4, 0.5) is 0 Å². The van der Waals surface area contributed by atoms with Gasteiger partial charge in [-0.25, -0.2) is 9.78 Å². The maximum Gasteiger partial charge on any atom is 0.352 e. The SMILES string of the molecule is Cn1c(=O)nc2n(C)c3ccccc3nc-2c1=O. The van der Waals surface area contributed by atoms with E-state index >= 15 is 0 Å². The van der Waals surface area contributed by atoms with Gasteiger partial charge >= 0.3 is 5.69 Å². The molecule has 0 unspecified atom stereocenters. The number of para-hydroxylation sites is 2. The Labute approximate surface area is 102 Å². The lowest BCUT2D eigenvalue weighted by atomic mass is 10.2. The number of aromatic nitrogens is 4. The van der Waals surface area contributed by atoms with Crippen molar-refractivity contribution in [1.82, 2.24) is 19.1 Å². The Morgan fingerprint density at radius 2 is 1.72 bits per heavy atom. The molecule has 2 aliphatic heterocycles. The summed E-state index contributed by atoms with van der Waals surface area (Å²) in [5, 5.41) is 0. The van der Waals surface area contributed by atoms with Gasteiger partial charge in [-0.3, -0.25) is 9.36 Å². The first-order valence-corrected chi connectivity index (χ1v) is 5.42. The second-order valence-electron chi connectivity index (χ2n) is 4.09. The van der Waals surface area contributed by atoms with E-state index in [0.29, 0.717) is 11.3 Å². The van der Waals surface area contributed by atoms with E-state index in [1.165, 1.54) is 7.05 Å². The zero-order valence-electron chi connectivity index (χ0n) is 9.91. The zero-order valence-corrected chi connectivity index (χ0v) is 9.91. The zero-order chi connectivity index (χ0) is 12.9. The lowest BCUT2D eigenvalue weighted by molar-refractivity contribution is 0.748. The van der Waals surface area contributed by atoms with Gasteiger partial charge < -0.3 is 4.57 Å². The minimum absolute atomic E-state index is 0.207. The Balaban J connectivity index is 2.65. The fourth-order valence-electron chi connectivity index (χ4n) is 1.97. The van der Waals surface area contributed by atoms with Crippen molar-refractivity contribution in [1.29, 1.82) is 0 Å². The van der Waals surface area contributed by atoms with Crippen LogP contribution in [0.1, 0.15) is 0 Å². The molecule has 0 atom stereocenters. The molecule has 6 nitrogen and oxygen atoms in total. The van der Waals surface area contributed by atoms with E-state index in [1.54, 1.807) is 11.6 Å². The van der Waals surface area contributed by atoms with E-state index in [4.69, 9.17) is 0 Å². The summed E-state index contributed by atoms with van der Waals surface area (Å²) in [6.07, 6.45) is 0. The summed E-state index contributed by atoms with van der Waals surface area (Å²) >= 11 is 0. The van der Waals surface area contributed by atoms with Crippen molar-refractivity contribution in [3.05, 3.63) is 45.1 Å². The highest BCUT2D eigenvalue weighted by atomic mass is 16.2. The monoisotopic (exact) mass is 242 g/mol. The third-order valence-electron chi connectivity index (χ3n) is 3.00. The summed E-state index contributed by atoms with van der Waals surface area (Å²) < 4.78 is 2.67. The predicted molar refractivity (Wildman–Crippen MR) is 66.6 cm³/mol. The summed E-state index contributed by atoms with van der Waals surface area (Å²) in [6, 6.07) is 7.40. The van der Waals surface area contributed by atoms with Crippen molar-refractivity contribution in [2.75, 3.05) is 0 Å². The van der Waals surface area contributed by atoms with E-state index in [1.807, 2.05) is 24.3 Å². The number of benzene rings is 1. The van der Waals surface area contributed by atoms with Crippen LogP contribution in [-0.4, -0.2) is 19.1 Å². The summed E-state index contributed by atoms with van der Waals surface area (Å²) in [7, 11) is 3.16. The first-order valence-electron chi connectivity index (χ1n) is 5.42. The normalized spacial score (nSPS) is 11.2. The van der Waals surface area contributed by atoms with E-state index < -0.39 is 11.2 Å². The molecule has 18 heavy (non-hydrogen) atoms. The molecule has 2 aliphatic rings. The number of hydrogen-bond donors (Lipinski definition) is 0. The summed E-state index contributed by atoms with van der Waals surface area (Å²) in [5.74, 6) is 0.307. The van der Waals surface area contributed by atoms with Gasteiger partial charge in [0.1, 0.15) is 0 Å². The fourth-order valence-corrected chi connectivity index (χ4v) is 1.97. The van der Waals surface area contributed by atoms with E-state index in [2.05, 4.69) is 9.97 Å². The molecule has 2 heterocycles. The third-order valence-corrected chi connectivity index (χ3v) is 3.00. The van der Waals surface area contributed by atoms with Gasteiger partial charge in [-0.2, -0.15) is 4.98 Å². The maximum atomic E-state index is 12.0. The van der Waals surface area contributed by atoms with Crippen molar-refractivity contribution in [2.45, 2.75) is 0 Å². The van der Waals surface area contributed by atoms with E-state index in [0.717, 1.165) is 10.1 Å². The van der Waals surface area contributed by atoms with Gasteiger partial charge in [0.15, 0.2) is 11.5 Å². The molecule has 1 aromatic carbocycles. The van der Waals surface area contributed by atoms with Crippen LogP contribution in [0.25, 0.3) is 22.6 Å². The van der Waals surface area contributed by atoms with E-state index in [-0.39, 0.29) is 5.69 Å². The highest BCUT2D eigenvalue weighted by molar-refractivity contribution is 5.78. The molecule has 0 aromatic heterocycles. The van der Waals surface area contributed by atoms with Crippen LogP contribution in [0.15, 0.2) is 33.9 Å². The summed E-state index contributed by atoms with van der Waals surface area (Å²) in [4.78, 5) is 31.7. The van der Waals surface area contributed by atoms with Gasteiger partial charge in [-0.05, 0) is 12.1 Å². The molecule has 0 aliphatic carbocycles. The molecule has 0 saturated carbocycles. The predicted octanol–water partition coefficient (Wildman–Crippen LogP) is 0.132. The number of aryl methyl sites for hydroxylation is 1. The van der Waals surface area contributed by atoms with Gasteiger partial charge in [0.05, 0.1) is 11.0 Å². The van der Waals surface area contributed by atoms with Crippen LogP contribution in [0.2, 0.25) is 0 Å². The quantitative estimate of drug-likeness (QED) is 0.525. The molecule has 6 heteroatoms. The van der Waals surface area contributed by atoms with Crippen LogP contribution in [0.3, 0.4) is 0 Å². The van der Waals surface area contributed by atoms with Crippen molar-refractivity contribution in [2.24, 2.45) is 14.1 Å². The van der Waals surface area contributed by atoms with Crippen LogP contribution in [0, 0.1) is 0 Å². The van der Waals surface area contributed by atoms with Crippen molar-refractivity contribution in [3.63, 3.8) is 0 Å². The summed E-state index contributed by atoms with van der Waals surface area (Å²) in [5.41, 5.74) is 0.736. The van der Waals surface area contributed by atoms with Crippen LogP contribution < -0.4 is 11.2 Å². The lowest BCUT2D eigenvalue weighted by Gasteiger charge is -2.12. The molecule has 0 radical (unpaired) electrons. The van der Waals surface area contributed by atoms with Gasteiger partial charge in [0.2, 0.25) is 0 Å². The molecule has 0 fully saturated rings. The number of hydrogen-bond acceptors (Lipinski definition) is 4. The molecule has 90 valence electrons. The first kappa shape index (κ1) is 10.6. The maximum absolute atomic E-state index is 12.0. The second-order valence-corrected chi connectivity index (χ2v) is 4.09. The molecule has 3 rings (SSSR count). The average molecular weight is 242 g/mol. The minimum atomic E-state index is -0.569. The van der Waals surface area contributed by atoms with Crippen LogP contribution in [0.5, 0.6) is 0 Å². The molecule has 0 amide bonds. The Hall–Kier alpha value is -2.50. The molecular formula is C12H10N4O2. The molecular weight excluding hydrogens is 232 g/mol. The highest BCUT2D eigenvalue weighted by Crippen LogP contribution is 2.18. The topological polar surface area (TPSA) is 69.8 Å². The lowest BCUT2D eigenvalue weighted by Crippen LogP contribution is -2.36. The first-order chi connectivity index (χ1) is 8.59. The molecule has 0 bridgehead atoms. The Bertz CT molecular complexity index is 847. The fraction of sp³-hybridized carbons (Fsp3) is 0.167. The highest BCUT2D eigenvalue weighted by Gasteiger charge is 2.17. The van der Waals surface area contributed by atoms with Crippen LogP contribution in [-0.2, 0) is 14.1 Å². The average Bonchev–Trinajstić information content (AvgIpc) is 2.38. The molecule has 0 spiro atoms. The van der Waals surface area contributed by atoms with Crippen molar-refractivity contribution in [3.8, 4) is 11.5 Å². The molecule has 0 saturated heterocycles. The van der Waals surface area contributed by atoms with Crippen molar-refractivity contribution >= 4 is 11.0 Å². The molecule has 0 N–H and O–H groups in total. The van der Waals surface area contributed by atoms with Crippen molar-refractivity contribution < 1.29 is 0 Å². The third kappa shape index (κ3) is 1.29. The largest absolute Gasteiger partial charge is 0.352 e. The molecule has 1 aromatic rings. The minimum Gasteiger partial charge on any atom is -0.325 e. The number of nitrogens with zero attached hydrogens (tertiary/aromatic N) is 4. The number of rotatable bonds is 0. The van der Waals surface area contributed by atoms with Crippen LogP contribution >= 0.6 is 0 Å². The van der Waals surface area contributed by atoms with Gasteiger partial charge in [0.25, 0.3) is 5.56 Å². The second kappa shape index (κ2) is 3.49. The summed E-state index contributed by atoms with van der Waals surface area (Å²) in [6.45, 7) is 0. The smallest absolute Gasteiger partial charge is 0.325 e. The van der Waals surface area contributed by atoms with Gasteiger partial charge in [0, 0.05) is 14.1 Å². The number of fused-ring (bicyclic) bond motifs is 2. The Morgan fingerprint density at radius 1 is 1.00 bits per heavy atom. The Kier molecular flexibility index (Phi) is 2.07. The Morgan fingerprint density at radius 3 is 2.50 bits per heavy atom. The van der Waals surface area contributed by atoms with Gasteiger partial charge in [-0.1, -0.05) is 12.1 Å². The van der Waals surface area contributed by atoms with Gasteiger partial charge in [-0.15, -0.1) is 0 Å².